The number of piperidine rings is 1. The van der Waals surface area contributed by atoms with Gasteiger partial charge in [-0.2, -0.15) is 14.7 Å². The topological polar surface area (TPSA) is 89.8 Å². The molecule has 1 aliphatic heterocycles. The van der Waals surface area contributed by atoms with Gasteiger partial charge in [-0.15, -0.1) is 0 Å². The van der Waals surface area contributed by atoms with Crippen molar-refractivity contribution >= 4 is 33.2 Å². The number of H-pyrrole nitrogens is 1. The second kappa shape index (κ2) is 7.44. The standard InChI is InChI=1S/C18H20Cl2N4O2S/c1-12-17(13(2)23-22-12)27(25,26)24-7-5-18(11-21,6-8-24)10-14-3-4-15(19)9-16(14)20/h3-4,9H,5-8,10H2,1-2H3,(H,22,23). The number of nitriles is 1. The van der Waals surface area contributed by atoms with Gasteiger partial charge in [0.05, 0.1) is 22.9 Å². The molecule has 0 bridgehead atoms. The normalized spacial score (nSPS) is 17.6. The predicted molar refractivity (Wildman–Crippen MR) is 104 cm³/mol. The van der Waals surface area contributed by atoms with Gasteiger partial charge < -0.3 is 0 Å². The molecule has 0 saturated carbocycles. The smallest absolute Gasteiger partial charge is 0.246 e. The summed E-state index contributed by atoms with van der Waals surface area (Å²) in [6.45, 7) is 3.93. The van der Waals surface area contributed by atoms with Gasteiger partial charge in [0.2, 0.25) is 10.0 Å². The Morgan fingerprint density at radius 2 is 1.96 bits per heavy atom. The van der Waals surface area contributed by atoms with Gasteiger partial charge in [-0.3, -0.25) is 5.10 Å². The summed E-state index contributed by atoms with van der Waals surface area (Å²) in [6, 6.07) is 7.64. The summed E-state index contributed by atoms with van der Waals surface area (Å²) in [7, 11) is -3.64. The van der Waals surface area contributed by atoms with Crippen molar-refractivity contribution in [2.24, 2.45) is 5.41 Å². The lowest BCUT2D eigenvalue weighted by Gasteiger charge is -2.36. The van der Waals surface area contributed by atoms with Gasteiger partial charge in [0.1, 0.15) is 4.90 Å². The lowest BCUT2D eigenvalue weighted by Crippen LogP contribution is -2.43. The van der Waals surface area contributed by atoms with Crippen LogP contribution in [0.4, 0.5) is 0 Å². The molecule has 0 unspecified atom stereocenters. The molecule has 2 aromatic rings. The number of rotatable bonds is 4. The first-order valence-corrected chi connectivity index (χ1v) is 10.7. The number of nitrogens with zero attached hydrogens (tertiary/aromatic N) is 3. The molecule has 1 saturated heterocycles. The lowest BCUT2D eigenvalue weighted by molar-refractivity contribution is 0.212. The van der Waals surface area contributed by atoms with Gasteiger partial charge in [-0.1, -0.05) is 29.3 Å². The summed E-state index contributed by atoms with van der Waals surface area (Å²) >= 11 is 12.2. The molecular weight excluding hydrogens is 407 g/mol. The minimum absolute atomic E-state index is 0.229. The van der Waals surface area contributed by atoms with Crippen molar-refractivity contribution in [3.05, 3.63) is 45.2 Å². The molecule has 1 fully saturated rings. The fourth-order valence-corrected chi connectivity index (χ4v) is 5.81. The van der Waals surface area contributed by atoms with E-state index in [1.807, 2.05) is 6.07 Å². The highest BCUT2D eigenvalue weighted by Crippen LogP contribution is 2.38. The van der Waals surface area contributed by atoms with Crippen LogP contribution < -0.4 is 0 Å². The zero-order valence-electron chi connectivity index (χ0n) is 15.1. The fourth-order valence-electron chi connectivity index (χ4n) is 3.56. The zero-order valence-corrected chi connectivity index (χ0v) is 17.4. The van der Waals surface area contributed by atoms with Gasteiger partial charge >= 0.3 is 0 Å². The first-order valence-electron chi connectivity index (χ1n) is 8.55. The summed E-state index contributed by atoms with van der Waals surface area (Å²) in [5.74, 6) is 0. The van der Waals surface area contributed by atoms with Crippen LogP contribution in [-0.2, 0) is 16.4 Å². The van der Waals surface area contributed by atoms with Crippen molar-refractivity contribution in [1.29, 1.82) is 5.26 Å². The fraction of sp³-hybridized carbons (Fsp3) is 0.444. The average molecular weight is 427 g/mol. The Morgan fingerprint density at radius 3 is 2.48 bits per heavy atom. The molecule has 1 N–H and O–H groups in total. The summed E-state index contributed by atoms with van der Waals surface area (Å²) in [5, 5.41) is 17.6. The van der Waals surface area contributed by atoms with E-state index in [0.717, 1.165) is 5.56 Å². The van der Waals surface area contributed by atoms with Gasteiger partial charge in [-0.25, -0.2) is 8.42 Å². The van der Waals surface area contributed by atoms with Gasteiger partial charge in [-0.05, 0) is 50.8 Å². The van der Waals surface area contributed by atoms with Crippen LogP contribution in [0.1, 0.15) is 29.8 Å². The van der Waals surface area contributed by atoms with Gasteiger partial charge in [0.25, 0.3) is 0 Å². The van der Waals surface area contributed by atoms with Crippen molar-refractivity contribution in [2.75, 3.05) is 13.1 Å². The molecule has 0 amide bonds. The van der Waals surface area contributed by atoms with Crippen LogP contribution >= 0.6 is 23.2 Å². The zero-order chi connectivity index (χ0) is 19.8. The maximum atomic E-state index is 13.0. The second-order valence-corrected chi connectivity index (χ2v) is 9.69. The summed E-state index contributed by atoms with van der Waals surface area (Å²) in [5.41, 5.74) is 1.18. The monoisotopic (exact) mass is 426 g/mol. The maximum absolute atomic E-state index is 13.0. The average Bonchev–Trinajstić information content (AvgIpc) is 2.97. The molecule has 2 heterocycles. The lowest BCUT2D eigenvalue weighted by atomic mass is 9.75. The Labute approximate surface area is 169 Å². The van der Waals surface area contributed by atoms with E-state index in [-0.39, 0.29) is 18.0 Å². The molecule has 1 aliphatic rings. The molecule has 1 aromatic heterocycles. The Bertz CT molecular complexity index is 983. The van der Waals surface area contributed by atoms with Crippen molar-refractivity contribution in [3.8, 4) is 6.07 Å². The van der Waals surface area contributed by atoms with Gasteiger partial charge in [0, 0.05) is 23.1 Å². The van der Waals surface area contributed by atoms with Gasteiger partial charge in [0.15, 0.2) is 0 Å². The summed E-state index contributed by atoms with van der Waals surface area (Å²) < 4.78 is 27.4. The van der Waals surface area contributed by atoms with E-state index in [1.54, 1.807) is 26.0 Å². The van der Waals surface area contributed by atoms with E-state index in [4.69, 9.17) is 23.2 Å². The van der Waals surface area contributed by atoms with Crippen LogP contribution in [0.3, 0.4) is 0 Å². The molecule has 1 aromatic carbocycles. The molecule has 3 rings (SSSR count). The Hall–Kier alpha value is -1.59. The molecule has 6 nitrogen and oxygen atoms in total. The number of halogens is 2. The van der Waals surface area contributed by atoms with E-state index >= 15 is 0 Å². The highest BCUT2D eigenvalue weighted by molar-refractivity contribution is 7.89. The van der Waals surface area contributed by atoms with E-state index < -0.39 is 15.4 Å². The number of sulfonamides is 1. The van der Waals surface area contributed by atoms with Crippen LogP contribution in [0.15, 0.2) is 23.1 Å². The Morgan fingerprint density at radius 1 is 1.30 bits per heavy atom. The van der Waals surface area contributed by atoms with Crippen LogP contribution in [0.5, 0.6) is 0 Å². The number of aromatic amines is 1. The van der Waals surface area contributed by atoms with E-state index in [0.29, 0.717) is 40.7 Å². The number of benzene rings is 1. The van der Waals surface area contributed by atoms with Crippen molar-refractivity contribution in [2.45, 2.75) is 38.0 Å². The maximum Gasteiger partial charge on any atom is 0.246 e. The van der Waals surface area contributed by atoms with Crippen molar-refractivity contribution in [3.63, 3.8) is 0 Å². The second-order valence-electron chi connectivity index (χ2n) is 6.97. The highest BCUT2D eigenvalue weighted by atomic mass is 35.5. The summed E-state index contributed by atoms with van der Waals surface area (Å²) in [4.78, 5) is 0.229. The molecule has 144 valence electrons. The third-order valence-electron chi connectivity index (χ3n) is 5.12. The van der Waals surface area contributed by atoms with Crippen LogP contribution in [0.2, 0.25) is 10.0 Å². The molecule has 27 heavy (non-hydrogen) atoms. The molecule has 0 aliphatic carbocycles. The third-order valence-corrected chi connectivity index (χ3v) is 7.87. The van der Waals surface area contributed by atoms with E-state index in [1.165, 1.54) is 4.31 Å². The Balaban J connectivity index is 1.79. The molecule has 0 atom stereocenters. The van der Waals surface area contributed by atoms with Crippen LogP contribution in [0.25, 0.3) is 0 Å². The molecule has 0 radical (unpaired) electrons. The van der Waals surface area contributed by atoms with Crippen molar-refractivity contribution in [1.82, 2.24) is 14.5 Å². The minimum Gasteiger partial charge on any atom is -0.281 e. The quantitative estimate of drug-likeness (QED) is 0.802. The first kappa shape index (κ1) is 20.2. The van der Waals surface area contributed by atoms with E-state index in [9.17, 15) is 13.7 Å². The molecular formula is C18H20Cl2N4O2S. The highest BCUT2D eigenvalue weighted by Gasteiger charge is 2.40. The number of hydrogen-bond acceptors (Lipinski definition) is 4. The number of aryl methyl sites for hydroxylation is 2. The summed E-state index contributed by atoms with van der Waals surface area (Å²) in [6.07, 6.45) is 1.35. The van der Waals surface area contributed by atoms with Crippen LogP contribution in [-0.4, -0.2) is 36.0 Å². The minimum atomic E-state index is -3.64. The largest absolute Gasteiger partial charge is 0.281 e. The van der Waals surface area contributed by atoms with E-state index in [2.05, 4.69) is 16.3 Å². The predicted octanol–water partition coefficient (Wildman–Crippen LogP) is 3.87. The molecule has 0 spiro atoms. The molecule has 9 heteroatoms. The van der Waals surface area contributed by atoms with Crippen LogP contribution in [0, 0.1) is 30.6 Å². The SMILES string of the molecule is Cc1n[nH]c(C)c1S(=O)(=O)N1CCC(C#N)(Cc2ccc(Cl)cc2Cl)CC1. The Kier molecular flexibility index (Phi) is 5.55. The number of nitrogens with one attached hydrogen (secondary N) is 1. The number of hydrogen-bond donors (Lipinski definition) is 1. The van der Waals surface area contributed by atoms with Crippen molar-refractivity contribution < 1.29 is 8.42 Å². The number of aromatic nitrogens is 2. The first-order chi connectivity index (χ1) is 12.7. The third kappa shape index (κ3) is 3.85.